The van der Waals surface area contributed by atoms with Gasteiger partial charge in [0.25, 0.3) is 0 Å². The minimum Gasteiger partial charge on any atom is -0.478 e. The molecule has 5 nitrogen and oxygen atoms in total. The summed E-state index contributed by atoms with van der Waals surface area (Å²) in [6.07, 6.45) is 0. The summed E-state index contributed by atoms with van der Waals surface area (Å²) in [6.45, 7) is 2.99. The number of thioether (sulfide) groups is 1. The summed E-state index contributed by atoms with van der Waals surface area (Å²) in [5, 5.41) is 9.08. The topological polar surface area (TPSA) is 74.7 Å². The zero-order valence-corrected chi connectivity index (χ0v) is 12.1. The quantitative estimate of drug-likeness (QED) is 0.916. The lowest BCUT2D eigenvalue weighted by Crippen LogP contribution is -2.40. The minimum absolute atomic E-state index is 0.0847. The van der Waals surface area contributed by atoms with Crippen LogP contribution in [0.15, 0.2) is 29.2 Å². The Morgan fingerprint density at radius 3 is 2.53 bits per heavy atom. The van der Waals surface area contributed by atoms with Crippen molar-refractivity contribution in [3.63, 3.8) is 0 Å². The van der Waals surface area contributed by atoms with Gasteiger partial charge in [-0.2, -0.15) is 16.1 Å². The van der Waals surface area contributed by atoms with E-state index >= 15 is 0 Å². The van der Waals surface area contributed by atoms with E-state index in [-0.39, 0.29) is 15.7 Å². The van der Waals surface area contributed by atoms with Crippen LogP contribution in [-0.4, -0.2) is 47.9 Å². The van der Waals surface area contributed by atoms with Gasteiger partial charge in [0.05, 0.1) is 10.5 Å². The lowest BCUT2D eigenvalue weighted by Gasteiger charge is -2.29. The molecule has 2 rings (SSSR count). The van der Waals surface area contributed by atoms with Crippen molar-refractivity contribution >= 4 is 27.8 Å². The Hall–Kier alpha value is -1.05. The highest BCUT2D eigenvalue weighted by Crippen LogP contribution is 2.24. The summed E-state index contributed by atoms with van der Waals surface area (Å²) in [6, 6.07) is 5.34. The maximum Gasteiger partial charge on any atom is 0.335 e. The number of nitrogens with zero attached hydrogens (tertiary/aromatic N) is 1. The molecule has 1 saturated heterocycles. The number of aromatic carboxylic acids is 1. The number of carbonyl (C=O) groups is 1. The highest BCUT2D eigenvalue weighted by atomic mass is 32.2. The lowest BCUT2D eigenvalue weighted by molar-refractivity contribution is 0.0696. The van der Waals surface area contributed by atoms with Crippen LogP contribution in [-0.2, 0) is 10.0 Å². The van der Waals surface area contributed by atoms with E-state index in [9.17, 15) is 13.2 Å². The fraction of sp³-hybridized carbons (Fsp3) is 0.417. The Labute approximate surface area is 116 Å². The van der Waals surface area contributed by atoms with Crippen LogP contribution in [0.4, 0.5) is 0 Å². The molecule has 1 atom stereocenters. The zero-order chi connectivity index (χ0) is 14.0. The van der Waals surface area contributed by atoms with Gasteiger partial charge in [0.1, 0.15) is 0 Å². The number of hydrogen-bond acceptors (Lipinski definition) is 4. The number of hydrogen-bond donors (Lipinski definition) is 1. The average molecular weight is 301 g/mol. The van der Waals surface area contributed by atoms with Crippen molar-refractivity contribution in [3.8, 4) is 0 Å². The van der Waals surface area contributed by atoms with E-state index in [2.05, 4.69) is 0 Å². The van der Waals surface area contributed by atoms with Crippen molar-refractivity contribution in [1.82, 2.24) is 4.31 Å². The third kappa shape index (κ3) is 3.10. The molecule has 1 heterocycles. The molecule has 0 radical (unpaired) electrons. The predicted octanol–water partition coefficient (Wildman–Crippen LogP) is 1.51. The molecule has 0 aliphatic carbocycles. The molecule has 1 fully saturated rings. The van der Waals surface area contributed by atoms with Gasteiger partial charge < -0.3 is 5.11 Å². The maximum atomic E-state index is 12.4. The van der Waals surface area contributed by atoms with Crippen LogP contribution in [0.2, 0.25) is 0 Å². The monoisotopic (exact) mass is 301 g/mol. The fourth-order valence-corrected chi connectivity index (χ4v) is 4.68. The molecule has 0 aromatic heterocycles. The number of sulfonamides is 1. The van der Waals surface area contributed by atoms with Crippen molar-refractivity contribution in [1.29, 1.82) is 0 Å². The summed E-state index contributed by atoms with van der Waals surface area (Å²) < 4.78 is 26.2. The molecular formula is C12H15NO4S2. The largest absolute Gasteiger partial charge is 0.478 e. The van der Waals surface area contributed by atoms with Gasteiger partial charge in [-0.25, -0.2) is 13.2 Å². The normalized spacial score (nSPS) is 21.2. The Morgan fingerprint density at radius 1 is 1.37 bits per heavy atom. The van der Waals surface area contributed by atoms with E-state index in [0.717, 1.165) is 5.75 Å². The van der Waals surface area contributed by atoms with E-state index < -0.39 is 16.0 Å². The maximum absolute atomic E-state index is 12.4. The fourth-order valence-electron chi connectivity index (χ4n) is 1.92. The van der Waals surface area contributed by atoms with Gasteiger partial charge in [-0.1, -0.05) is 6.92 Å². The van der Waals surface area contributed by atoms with Crippen LogP contribution in [0.3, 0.4) is 0 Å². The highest BCUT2D eigenvalue weighted by Gasteiger charge is 2.28. The Morgan fingerprint density at radius 2 is 2.00 bits per heavy atom. The Bertz CT molecular complexity index is 568. The SMILES string of the molecule is CC1CN(S(=O)(=O)c2ccc(C(=O)O)cc2)CCS1. The number of rotatable bonds is 3. The standard InChI is InChI=1S/C12H15NO4S2/c1-9-8-13(6-7-18-9)19(16,17)11-4-2-10(3-5-11)12(14)15/h2-5,9H,6-8H2,1H3,(H,14,15). The molecule has 1 aliphatic heterocycles. The van der Waals surface area contributed by atoms with Crippen molar-refractivity contribution < 1.29 is 18.3 Å². The Kier molecular flexibility index (Phi) is 4.17. The van der Waals surface area contributed by atoms with E-state index in [4.69, 9.17) is 5.11 Å². The molecule has 1 unspecified atom stereocenters. The van der Waals surface area contributed by atoms with E-state index in [1.165, 1.54) is 28.6 Å². The van der Waals surface area contributed by atoms with Crippen LogP contribution in [0.5, 0.6) is 0 Å². The van der Waals surface area contributed by atoms with E-state index in [1.54, 1.807) is 11.8 Å². The van der Waals surface area contributed by atoms with Gasteiger partial charge in [-0.3, -0.25) is 0 Å². The van der Waals surface area contributed by atoms with Gasteiger partial charge >= 0.3 is 5.97 Å². The lowest BCUT2D eigenvalue weighted by atomic mass is 10.2. The van der Waals surface area contributed by atoms with Crippen molar-refractivity contribution in [3.05, 3.63) is 29.8 Å². The third-order valence-electron chi connectivity index (χ3n) is 2.94. The van der Waals surface area contributed by atoms with Crippen LogP contribution < -0.4 is 0 Å². The minimum atomic E-state index is -3.51. The van der Waals surface area contributed by atoms with Crippen molar-refractivity contribution in [2.45, 2.75) is 17.1 Å². The molecular weight excluding hydrogens is 286 g/mol. The van der Waals surface area contributed by atoms with E-state index in [1.807, 2.05) is 6.92 Å². The van der Waals surface area contributed by atoms with Crippen LogP contribution in [0.1, 0.15) is 17.3 Å². The third-order valence-corrected chi connectivity index (χ3v) is 5.96. The summed E-state index contributed by atoms with van der Waals surface area (Å²) in [4.78, 5) is 10.9. The molecule has 19 heavy (non-hydrogen) atoms. The van der Waals surface area contributed by atoms with Gasteiger partial charge in [-0.15, -0.1) is 0 Å². The molecule has 104 valence electrons. The highest BCUT2D eigenvalue weighted by molar-refractivity contribution is 8.00. The average Bonchev–Trinajstić information content (AvgIpc) is 2.39. The molecule has 1 N–H and O–H groups in total. The second kappa shape index (κ2) is 5.52. The molecule has 0 bridgehead atoms. The van der Waals surface area contributed by atoms with Crippen LogP contribution in [0.25, 0.3) is 0 Å². The summed E-state index contributed by atoms with van der Waals surface area (Å²) in [5.74, 6) is -0.278. The first kappa shape index (κ1) is 14.4. The Balaban J connectivity index is 2.26. The number of carboxylic acids is 1. The van der Waals surface area contributed by atoms with Crippen LogP contribution >= 0.6 is 11.8 Å². The van der Waals surface area contributed by atoms with Crippen molar-refractivity contribution in [2.75, 3.05) is 18.8 Å². The van der Waals surface area contributed by atoms with Crippen LogP contribution in [0, 0.1) is 0 Å². The summed E-state index contributed by atoms with van der Waals surface area (Å²) >= 11 is 1.76. The number of benzene rings is 1. The second-order valence-corrected chi connectivity index (χ2v) is 7.86. The smallest absolute Gasteiger partial charge is 0.335 e. The van der Waals surface area contributed by atoms with Gasteiger partial charge in [0, 0.05) is 24.1 Å². The summed E-state index contributed by atoms with van der Waals surface area (Å²) in [7, 11) is -3.51. The summed E-state index contributed by atoms with van der Waals surface area (Å²) in [5.41, 5.74) is 0.0847. The van der Waals surface area contributed by atoms with E-state index in [0.29, 0.717) is 13.1 Å². The number of carboxylic acid groups (broad SMARTS) is 1. The van der Waals surface area contributed by atoms with Gasteiger partial charge in [-0.05, 0) is 24.3 Å². The predicted molar refractivity (Wildman–Crippen MR) is 74.1 cm³/mol. The molecule has 0 amide bonds. The first-order valence-corrected chi connectivity index (χ1v) is 8.35. The second-order valence-electron chi connectivity index (χ2n) is 4.37. The molecule has 1 aliphatic rings. The zero-order valence-electron chi connectivity index (χ0n) is 10.4. The molecule has 1 aromatic carbocycles. The van der Waals surface area contributed by atoms with Gasteiger partial charge in [0.15, 0.2) is 0 Å². The molecule has 0 spiro atoms. The molecule has 1 aromatic rings. The van der Waals surface area contributed by atoms with Crippen molar-refractivity contribution in [2.24, 2.45) is 0 Å². The first-order valence-electron chi connectivity index (χ1n) is 5.86. The molecule has 7 heteroatoms. The van der Waals surface area contributed by atoms with Gasteiger partial charge in [0.2, 0.25) is 10.0 Å². The first-order chi connectivity index (χ1) is 8.91. The molecule has 0 saturated carbocycles.